The Morgan fingerprint density at radius 2 is 1.89 bits per heavy atom. The van der Waals surface area contributed by atoms with Crippen LogP contribution in [0.15, 0.2) is 45.6 Å². The zero-order valence-corrected chi connectivity index (χ0v) is 27.9. The monoisotopic (exact) mass is 644 g/mol. The van der Waals surface area contributed by atoms with Crippen LogP contribution in [-0.4, -0.2) is 75.8 Å². The molecule has 0 bridgehead atoms. The Morgan fingerprint density at radius 3 is 2.52 bits per heavy atom. The first-order valence-electron chi connectivity index (χ1n) is 14.8. The number of amides is 1. The average Bonchev–Trinajstić information content (AvgIpc) is 3.25. The molecule has 2 saturated heterocycles. The first-order valence-corrected chi connectivity index (χ1v) is 16.0. The van der Waals surface area contributed by atoms with Crippen molar-refractivity contribution >= 4 is 46.2 Å². The van der Waals surface area contributed by atoms with Crippen LogP contribution in [0.1, 0.15) is 54.4 Å². The van der Waals surface area contributed by atoms with E-state index < -0.39 is 17.3 Å². The van der Waals surface area contributed by atoms with Crippen LogP contribution in [0.5, 0.6) is 0 Å². The quantitative estimate of drug-likeness (QED) is 0.362. The van der Waals surface area contributed by atoms with E-state index in [4.69, 9.17) is 30.8 Å². The molecule has 4 heterocycles. The molecule has 1 N–H and O–H groups in total. The minimum atomic E-state index is -0.563. The molecule has 1 amide bonds. The summed E-state index contributed by atoms with van der Waals surface area (Å²) in [6.45, 7) is 13.9. The third-order valence-corrected chi connectivity index (χ3v) is 9.83. The molecule has 2 atom stereocenters. The number of rotatable bonds is 7. The molecule has 13 heteroatoms. The Hall–Kier alpha value is -2.93. The standard InChI is InChI=1S/C31H41ClN6O5S/c1-19-26(36-28(40)43-29(2,3)4)31(17-42-19)10-12-37(13-11-31)22-14-34-23(15-33-22)44-21-9-8-20-24(25(21)32)27(39)38(18-35-20)16-30(5,6)41-7/h8-9,14-15,18-19,26H,10-13,16-17H2,1-7H3,(H,36,40)/t19-,26+/m0/s1. The van der Waals surface area contributed by atoms with Crippen molar-refractivity contribution in [3.05, 3.63) is 46.2 Å². The third kappa shape index (κ3) is 6.98. The second kappa shape index (κ2) is 12.5. The predicted molar refractivity (Wildman–Crippen MR) is 171 cm³/mol. The van der Waals surface area contributed by atoms with E-state index in [1.54, 1.807) is 25.6 Å². The molecule has 2 aromatic heterocycles. The van der Waals surface area contributed by atoms with Crippen LogP contribution < -0.4 is 15.8 Å². The molecule has 2 aliphatic rings. The lowest BCUT2D eigenvalue weighted by molar-refractivity contribution is 0.00727. The van der Waals surface area contributed by atoms with Crippen molar-refractivity contribution in [3.63, 3.8) is 0 Å². The fourth-order valence-corrected chi connectivity index (χ4v) is 6.93. The maximum absolute atomic E-state index is 13.3. The van der Waals surface area contributed by atoms with Gasteiger partial charge in [0.15, 0.2) is 0 Å². The number of fused-ring (bicyclic) bond motifs is 1. The Bertz CT molecular complexity index is 1570. The molecule has 11 nitrogen and oxygen atoms in total. The van der Waals surface area contributed by atoms with Gasteiger partial charge in [-0.2, -0.15) is 0 Å². The van der Waals surface area contributed by atoms with Crippen LogP contribution in [0.2, 0.25) is 5.02 Å². The molecule has 5 rings (SSSR count). The van der Waals surface area contributed by atoms with E-state index in [-0.39, 0.29) is 23.1 Å². The van der Waals surface area contributed by atoms with Gasteiger partial charge in [0.05, 0.1) is 65.5 Å². The van der Waals surface area contributed by atoms with Crippen molar-refractivity contribution in [2.45, 2.75) is 94.2 Å². The van der Waals surface area contributed by atoms with Crippen molar-refractivity contribution in [3.8, 4) is 0 Å². The maximum atomic E-state index is 13.3. The SMILES string of the molecule is COC(C)(C)Cn1cnc2ccc(Sc3cnc(N4CCC5(CC4)CO[C@@H](C)[C@H]5NC(=O)OC(C)(C)C)cn3)c(Cl)c2c1=O. The minimum Gasteiger partial charge on any atom is -0.444 e. The number of hydrogen-bond acceptors (Lipinski definition) is 10. The molecule has 3 aromatic rings. The third-order valence-electron chi connectivity index (χ3n) is 8.35. The molecule has 1 spiro atoms. The summed E-state index contributed by atoms with van der Waals surface area (Å²) >= 11 is 8.11. The fourth-order valence-electron chi connectivity index (χ4n) is 5.81. The highest BCUT2D eigenvalue weighted by molar-refractivity contribution is 7.99. The molecule has 0 saturated carbocycles. The minimum absolute atomic E-state index is 0.0945. The van der Waals surface area contributed by atoms with Gasteiger partial charge in [0, 0.05) is 30.5 Å². The smallest absolute Gasteiger partial charge is 0.407 e. The number of hydrogen-bond donors (Lipinski definition) is 1. The van der Waals surface area contributed by atoms with Gasteiger partial charge in [-0.3, -0.25) is 9.36 Å². The molecule has 2 fully saturated rings. The van der Waals surface area contributed by atoms with E-state index in [2.05, 4.69) is 20.2 Å². The number of carbonyl (C=O) groups excluding carboxylic acids is 1. The molecule has 0 radical (unpaired) electrons. The number of alkyl carbamates (subject to hydrolysis) is 1. The molecule has 1 aromatic carbocycles. The molecule has 2 aliphatic heterocycles. The van der Waals surface area contributed by atoms with Crippen LogP contribution in [0.3, 0.4) is 0 Å². The zero-order chi connectivity index (χ0) is 31.9. The lowest BCUT2D eigenvalue weighted by atomic mass is 9.73. The molecular formula is C31H41ClN6O5S. The van der Waals surface area contributed by atoms with Crippen molar-refractivity contribution < 1.29 is 19.0 Å². The van der Waals surface area contributed by atoms with Gasteiger partial charge < -0.3 is 24.4 Å². The first-order chi connectivity index (χ1) is 20.7. The van der Waals surface area contributed by atoms with Gasteiger partial charge in [-0.25, -0.2) is 19.7 Å². The summed E-state index contributed by atoms with van der Waals surface area (Å²) in [7, 11) is 1.61. The van der Waals surface area contributed by atoms with E-state index in [1.807, 2.05) is 47.6 Å². The first kappa shape index (κ1) is 32.5. The van der Waals surface area contributed by atoms with Crippen molar-refractivity contribution in [1.82, 2.24) is 24.8 Å². The summed E-state index contributed by atoms with van der Waals surface area (Å²) in [5.74, 6) is 0.783. The van der Waals surface area contributed by atoms with Crippen LogP contribution >= 0.6 is 23.4 Å². The van der Waals surface area contributed by atoms with Gasteiger partial charge in [-0.05, 0) is 66.5 Å². The number of nitrogens with zero attached hydrogens (tertiary/aromatic N) is 5. The van der Waals surface area contributed by atoms with Gasteiger partial charge in [0.1, 0.15) is 16.4 Å². The Labute approximate surface area is 267 Å². The fraction of sp³-hybridized carbons (Fsp3) is 0.581. The summed E-state index contributed by atoms with van der Waals surface area (Å²) < 4.78 is 18.6. The molecule has 238 valence electrons. The van der Waals surface area contributed by atoms with Crippen molar-refractivity contribution in [2.75, 3.05) is 31.7 Å². The highest BCUT2D eigenvalue weighted by Crippen LogP contribution is 2.43. The Kier molecular flexibility index (Phi) is 9.19. The van der Waals surface area contributed by atoms with Crippen LogP contribution in [0, 0.1) is 5.41 Å². The van der Waals surface area contributed by atoms with Gasteiger partial charge >= 0.3 is 6.09 Å². The van der Waals surface area contributed by atoms with E-state index in [0.717, 1.165) is 31.7 Å². The van der Waals surface area contributed by atoms with Gasteiger partial charge in [0.25, 0.3) is 5.56 Å². The molecule has 44 heavy (non-hydrogen) atoms. The van der Waals surface area contributed by atoms with E-state index in [0.29, 0.717) is 39.0 Å². The van der Waals surface area contributed by atoms with Gasteiger partial charge in [-0.1, -0.05) is 23.4 Å². The maximum Gasteiger partial charge on any atom is 0.407 e. The number of carbonyl (C=O) groups is 1. The number of ether oxygens (including phenoxy) is 3. The summed E-state index contributed by atoms with van der Waals surface area (Å²) in [5.41, 5.74) is -0.943. The predicted octanol–water partition coefficient (Wildman–Crippen LogP) is 5.31. The number of anilines is 1. The van der Waals surface area contributed by atoms with Gasteiger partial charge in [-0.15, -0.1) is 0 Å². The molecular weight excluding hydrogens is 604 g/mol. The number of halogens is 1. The van der Waals surface area contributed by atoms with E-state index in [1.165, 1.54) is 22.7 Å². The highest BCUT2D eigenvalue weighted by Gasteiger charge is 2.50. The largest absolute Gasteiger partial charge is 0.444 e. The Morgan fingerprint density at radius 1 is 1.16 bits per heavy atom. The highest BCUT2D eigenvalue weighted by atomic mass is 35.5. The lowest BCUT2D eigenvalue weighted by Gasteiger charge is -2.42. The molecule has 0 aliphatic carbocycles. The zero-order valence-electron chi connectivity index (χ0n) is 26.3. The summed E-state index contributed by atoms with van der Waals surface area (Å²) in [5, 5.41) is 4.45. The van der Waals surface area contributed by atoms with Crippen molar-refractivity contribution in [1.29, 1.82) is 0 Å². The second-order valence-electron chi connectivity index (χ2n) is 13.2. The van der Waals surface area contributed by atoms with Gasteiger partial charge in [0.2, 0.25) is 0 Å². The number of aromatic nitrogens is 4. The number of benzene rings is 1. The lowest BCUT2D eigenvalue weighted by Crippen LogP contribution is -2.55. The summed E-state index contributed by atoms with van der Waals surface area (Å²) in [4.78, 5) is 42.6. The Balaban J connectivity index is 1.26. The summed E-state index contributed by atoms with van der Waals surface area (Å²) in [6.07, 6.45) is 6.19. The topological polar surface area (TPSA) is 121 Å². The summed E-state index contributed by atoms with van der Waals surface area (Å²) in [6, 6.07) is 3.51. The van der Waals surface area contributed by atoms with Crippen LogP contribution in [-0.2, 0) is 20.8 Å². The second-order valence-corrected chi connectivity index (χ2v) is 14.7. The van der Waals surface area contributed by atoms with E-state index >= 15 is 0 Å². The van der Waals surface area contributed by atoms with E-state index in [9.17, 15) is 9.59 Å². The molecule has 0 unspecified atom stereocenters. The normalized spacial score (nSPS) is 20.3. The van der Waals surface area contributed by atoms with Crippen LogP contribution in [0.25, 0.3) is 10.9 Å². The number of piperidine rings is 1. The van der Waals surface area contributed by atoms with Crippen LogP contribution in [0.4, 0.5) is 10.6 Å². The average molecular weight is 645 g/mol. The number of methoxy groups -OCH3 is 1. The van der Waals surface area contributed by atoms with Crippen molar-refractivity contribution in [2.24, 2.45) is 5.41 Å². The number of nitrogens with one attached hydrogen (secondary N) is 1.